The summed E-state index contributed by atoms with van der Waals surface area (Å²) in [7, 11) is 0. The van der Waals surface area contributed by atoms with Crippen LogP contribution in [-0.2, 0) is 6.42 Å². The maximum atomic E-state index is 12.9. The zero-order valence-corrected chi connectivity index (χ0v) is 29.9. The van der Waals surface area contributed by atoms with Gasteiger partial charge in [0.15, 0.2) is 0 Å². The summed E-state index contributed by atoms with van der Waals surface area (Å²) in [6, 6.07) is 23.6. The number of nitrogens with zero attached hydrogens (tertiary/aromatic N) is 1. The largest absolute Gasteiger partial charge is 0.423 e. The molecule has 0 aliphatic heterocycles. The van der Waals surface area contributed by atoms with Crippen LogP contribution in [0.3, 0.4) is 0 Å². The summed E-state index contributed by atoms with van der Waals surface area (Å²) >= 11 is 12.2. The minimum atomic E-state index is -0.803. The molecule has 0 aromatic heterocycles. The smallest absolute Gasteiger partial charge is 0.345 e. The normalized spacial score (nSPS) is 15.7. The summed E-state index contributed by atoms with van der Waals surface area (Å²) in [5.41, 5.74) is 3.52. The van der Waals surface area contributed by atoms with Gasteiger partial charge in [-0.15, -0.1) is 0 Å². The second kappa shape index (κ2) is 18.2. The molecule has 1 saturated carbocycles. The van der Waals surface area contributed by atoms with Gasteiger partial charge in [0.05, 0.1) is 21.1 Å². The molecule has 1 fully saturated rings. The Morgan fingerprint density at radius 3 is 1.86 bits per heavy atom. The zero-order chi connectivity index (χ0) is 35.5. The fourth-order valence-electron chi connectivity index (χ4n) is 6.63. The third-order valence-electron chi connectivity index (χ3n) is 9.63. The Kier molecular flexibility index (Phi) is 13.5. The highest BCUT2D eigenvalue weighted by Gasteiger charge is 2.21. The Bertz CT molecular complexity index is 1770. The van der Waals surface area contributed by atoms with Crippen LogP contribution in [0.2, 0.25) is 10.0 Å². The number of rotatable bonds is 15. The molecule has 7 nitrogen and oxygen atoms in total. The number of aryl methyl sites for hydroxylation is 1. The maximum absolute atomic E-state index is 12.9. The molecule has 4 aromatic carbocycles. The standard InChI is InChI=1S/C41H43Cl2NO6/c1-2-3-4-5-6-7-28-8-10-29(11-9-28)12-13-30-14-16-31(17-15-30)32-18-20-33(21-19-32)40(45)49-34-22-24-36(37(42)26-34)41(46)50-35-23-25-39(44(47)48)38(43)27-35/h14-29H,2-13H2,1H3/t28-,29-. The summed E-state index contributed by atoms with van der Waals surface area (Å²) < 4.78 is 10.8. The lowest BCUT2D eigenvalue weighted by atomic mass is 9.77. The number of hydrogen-bond acceptors (Lipinski definition) is 6. The van der Waals surface area contributed by atoms with E-state index in [0.29, 0.717) is 5.56 Å². The first-order valence-corrected chi connectivity index (χ1v) is 18.3. The van der Waals surface area contributed by atoms with Gasteiger partial charge in [-0.05, 0) is 71.7 Å². The number of carbonyl (C=O) groups is 2. The van der Waals surface area contributed by atoms with Gasteiger partial charge in [-0.25, -0.2) is 9.59 Å². The van der Waals surface area contributed by atoms with Crippen molar-refractivity contribution in [3.63, 3.8) is 0 Å². The molecule has 0 radical (unpaired) electrons. The molecule has 0 N–H and O–H groups in total. The molecule has 0 spiro atoms. The highest BCUT2D eigenvalue weighted by Crippen LogP contribution is 2.35. The van der Waals surface area contributed by atoms with E-state index in [4.69, 9.17) is 32.7 Å². The van der Waals surface area contributed by atoms with E-state index in [1.807, 2.05) is 12.1 Å². The van der Waals surface area contributed by atoms with Crippen molar-refractivity contribution in [2.24, 2.45) is 11.8 Å². The Morgan fingerprint density at radius 1 is 0.700 bits per heavy atom. The van der Waals surface area contributed by atoms with Crippen LogP contribution in [0, 0.1) is 22.0 Å². The third-order valence-corrected chi connectivity index (χ3v) is 10.2. The lowest BCUT2D eigenvalue weighted by molar-refractivity contribution is -0.384. The van der Waals surface area contributed by atoms with Crippen molar-refractivity contribution in [3.05, 3.63) is 122 Å². The number of nitro groups is 1. The SMILES string of the molecule is CCCCCCC[C@H]1CC[C@H](CCc2ccc(-c3ccc(C(=O)Oc4ccc(C(=O)Oc5ccc([N+](=O)[O-])c(Cl)c5)c(Cl)c4)cc3)cc2)CC1. The minimum absolute atomic E-state index is 0.00276. The second-order valence-electron chi connectivity index (χ2n) is 13.2. The summed E-state index contributed by atoms with van der Waals surface area (Å²) in [5, 5.41) is 10.8. The molecule has 5 rings (SSSR count). The molecule has 0 atom stereocenters. The predicted octanol–water partition coefficient (Wildman–Crippen LogP) is 12.1. The topological polar surface area (TPSA) is 95.7 Å². The summed E-state index contributed by atoms with van der Waals surface area (Å²) in [4.78, 5) is 35.8. The average Bonchev–Trinajstić information content (AvgIpc) is 3.11. The van der Waals surface area contributed by atoms with E-state index in [2.05, 4.69) is 31.2 Å². The number of esters is 2. The van der Waals surface area contributed by atoms with Crippen LogP contribution in [-0.4, -0.2) is 16.9 Å². The Hall–Kier alpha value is -4.20. The maximum Gasteiger partial charge on any atom is 0.345 e. The van der Waals surface area contributed by atoms with E-state index < -0.39 is 16.9 Å². The van der Waals surface area contributed by atoms with E-state index >= 15 is 0 Å². The number of nitro benzene ring substituents is 1. The number of unbranched alkanes of at least 4 members (excludes halogenated alkanes) is 4. The van der Waals surface area contributed by atoms with Crippen molar-refractivity contribution >= 4 is 40.8 Å². The quantitative estimate of drug-likeness (QED) is 0.0399. The van der Waals surface area contributed by atoms with Crippen molar-refractivity contribution in [2.75, 3.05) is 0 Å². The zero-order valence-electron chi connectivity index (χ0n) is 28.4. The molecular weight excluding hydrogens is 673 g/mol. The van der Waals surface area contributed by atoms with Crippen LogP contribution < -0.4 is 9.47 Å². The monoisotopic (exact) mass is 715 g/mol. The molecule has 50 heavy (non-hydrogen) atoms. The van der Waals surface area contributed by atoms with Crippen LogP contribution >= 0.6 is 23.2 Å². The summed E-state index contributed by atoms with van der Waals surface area (Å²) in [5.74, 6) is 0.590. The van der Waals surface area contributed by atoms with Gasteiger partial charge in [-0.1, -0.05) is 131 Å². The minimum Gasteiger partial charge on any atom is -0.423 e. The fourth-order valence-corrected chi connectivity index (χ4v) is 7.12. The first-order chi connectivity index (χ1) is 24.2. The van der Waals surface area contributed by atoms with E-state index in [1.54, 1.807) is 12.1 Å². The molecule has 262 valence electrons. The van der Waals surface area contributed by atoms with Crippen LogP contribution in [0.4, 0.5) is 5.69 Å². The highest BCUT2D eigenvalue weighted by molar-refractivity contribution is 6.34. The Balaban J connectivity index is 1.08. The highest BCUT2D eigenvalue weighted by atomic mass is 35.5. The number of benzene rings is 4. The second-order valence-corrected chi connectivity index (χ2v) is 14.0. The molecule has 0 saturated heterocycles. The molecule has 0 amide bonds. The average molecular weight is 717 g/mol. The van der Waals surface area contributed by atoms with Crippen LogP contribution in [0.25, 0.3) is 11.1 Å². The van der Waals surface area contributed by atoms with Crippen LogP contribution in [0.15, 0.2) is 84.9 Å². The third kappa shape index (κ3) is 10.4. The fraction of sp³-hybridized carbons (Fsp3) is 0.366. The van der Waals surface area contributed by atoms with E-state index in [0.717, 1.165) is 35.4 Å². The lowest BCUT2D eigenvalue weighted by Crippen LogP contribution is -2.15. The summed E-state index contributed by atoms with van der Waals surface area (Å²) in [6.07, 6.45) is 16.3. The first-order valence-electron chi connectivity index (χ1n) is 17.6. The van der Waals surface area contributed by atoms with E-state index in [-0.39, 0.29) is 32.8 Å². The van der Waals surface area contributed by atoms with Crippen molar-refractivity contribution in [1.29, 1.82) is 0 Å². The van der Waals surface area contributed by atoms with Crippen LogP contribution in [0.5, 0.6) is 11.5 Å². The lowest BCUT2D eigenvalue weighted by Gasteiger charge is -2.28. The van der Waals surface area contributed by atoms with Gasteiger partial charge in [0.1, 0.15) is 16.5 Å². The van der Waals surface area contributed by atoms with Crippen molar-refractivity contribution in [1.82, 2.24) is 0 Å². The van der Waals surface area contributed by atoms with Crippen molar-refractivity contribution in [2.45, 2.75) is 84.0 Å². The number of hydrogen-bond donors (Lipinski definition) is 0. The van der Waals surface area contributed by atoms with E-state index in [9.17, 15) is 19.7 Å². The van der Waals surface area contributed by atoms with Gasteiger partial charge in [-0.2, -0.15) is 0 Å². The molecule has 0 bridgehead atoms. The number of ether oxygens (including phenoxy) is 2. The molecular formula is C41H43Cl2NO6. The molecule has 1 aliphatic rings. The molecule has 9 heteroatoms. The first kappa shape index (κ1) is 37.1. The number of halogens is 2. The Morgan fingerprint density at radius 2 is 1.26 bits per heavy atom. The Labute approximate surface area is 304 Å². The van der Waals surface area contributed by atoms with Crippen molar-refractivity contribution in [3.8, 4) is 22.6 Å². The molecule has 0 unspecified atom stereocenters. The van der Waals surface area contributed by atoms with Gasteiger partial charge in [0.2, 0.25) is 0 Å². The molecule has 1 aliphatic carbocycles. The number of carbonyl (C=O) groups excluding carboxylic acids is 2. The van der Waals surface area contributed by atoms with Gasteiger partial charge >= 0.3 is 11.9 Å². The van der Waals surface area contributed by atoms with Crippen molar-refractivity contribution < 1.29 is 24.0 Å². The van der Waals surface area contributed by atoms with Crippen LogP contribution in [0.1, 0.15) is 104 Å². The van der Waals surface area contributed by atoms with E-state index in [1.165, 1.54) is 107 Å². The molecule has 4 aromatic rings. The van der Waals surface area contributed by atoms with Gasteiger partial charge in [0, 0.05) is 18.2 Å². The van der Waals surface area contributed by atoms with Gasteiger partial charge in [0.25, 0.3) is 5.69 Å². The predicted molar refractivity (Wildman–Crippen MR) is 198 cm³/mol. The molecule has 0 heterocycles. The van der Waals surface area contributed by atoms with Gasteiger partial charge in [-0.3, -0.25) is 10.1 Å². The summed E-state index contributed by atoms with van der Waals surface area (Å²) in [6.45, 7) is 2.28. The van der Waals surface area contributed by atoms with Gasteiger partial charge < -0.3 is 9.47 Å².